The zero-order valence-electron chi connectivity index (χ0n) is 10.7. The maximum Gasteiger partial charge on any atom is 0.259 e. The van der Waals surface area contributed by atoms with Crippen LogP contribution in [0.15, 0.2) is 17.3 Å². The van der Waals surface area contributed by atoms with Crippen LogP contribution < -0.4 is 0 Å². The van der Waals surface area contributed by atoms with E-state index in [-0.39, 0.29) is 10.9 Å². The van der Waals surface area contributed by atoms with E-state index in [1.54, 1.807) is 0 Å². The van der Waals surface area contributed by atoms with Crippen molar-refractivity contribution in [3.05, 3.63) is 12.3 Å². The number of hydrogen-bond acceptors (Lipinski definition) is 4. The number of nitrogens with zero attached hydrogens (tertiary/aromatic N) is 2. The van der Waals surface area contributed by atoms with Crippen molar-refractivity contribution in [2.45, 2.75) is 42.7 Å². The van der Waals surface area contributed by atoms with Gasteiger partial charge in [-0.3, -0.25) is 5.10 Å². The number of aromatic nitrogens is 2. The molecule has 2 heterocycles. The summed E-state index contributed by atoms with van der Waals surface area (Å²) in [6, 6.07) is 1.47. The predicted octanol–water partition coefficient (Wildman–Crippen LogP) is 0.725. The van der Waals surface area contributed by atoms with Gasteiger partial charge in [0.05, 0.1) is 11.8 Å². The Labute approximate surface area is 112 Å². The molecule has 2 unspecified atom stereocenters. The first-order valence-corrected chi connectivity index (χ1v) is 8.18. The molecule has 7 heteroatoms. The standard InChI is InChI=1S/C12H19N3O3S/c16-12-5-2-1-3-10(12)9-15(8-6-12)19(17,18)11-4-7-13-14-11/h4,7,10,16H,1-3,5-6,8-9H2,(H,13,14). The van der Waals surface area contributed by atoms with Crippen LogP contribution in [-0.2, 0) is 10.0 Å². The molecule has 2 atom stereocenters. The van der Waals surface area contributed by atoms with E-state index in [0.717, 1.165) is 25.7 Å². The van der Waals surface area contributed by atoms with Crippen molar-refractivity contribution in [3.8, 4) is 0 Å². The van der Waals surface area contributed by atoms with Crippen molar-refractivity contribution in [1.82, 2.24) is 14.5 Å². The molecule has 1 aromatic heterocycles. The minimum absolute atomic E-state index is 0.0627. The third-order valence-corrected chi connectivity index (χ3v) is 6.28. The fraction of sp³-hybridized carbons (Fsp3) is 0.750. The third kappa shape index (κ3) is 2.19. The monoisotopic (exact) mass is 285 g/mol. The average Bonchev–Trinajstić information content (AvgIpc) is 2.92. The van der Waals surface area contributed by atoms with Gasteiger partial charge in [0.15, 0.2) is 5.03 Å². The summed E-state index contributed by atoms with van der Waals surface area (Å²) in [6.07, 6.45) is 5.80. The molecule has 2 fully saturated rings. The zero-order chi connectivity index (χ0) is 13.5. The first kappa shape index (κ1) is 13.1. The summed E-state index contributed by atoms with van der Waals surface area (Å²) in [7, 11) is -3.49. The average molecular weight is 285 g/mol. The molecule has 0 spiro atoms. The molecular formula is C12H19N3O3S. The van der Waals surface area contributed by atoms with Crippen LogP contribution in [0.1, 0.15) is 32.1 Å². The molecule has 1 saturated heterocycles. The Bertz CT molecular complexity index is 543. The maximum absolute atomic E-state index is 12.4. The molecule has 3 rings (SSSR count). The molecule has 0 bridgehead atoms. The molecule has 1 saturated carbocycles. The highest BCUT2D eigenvalue weighted by molar-refractivity contribution is 7.89. The third-order valence-electron chi connectivity index (χ3n) is 4.48. The van der Waals surface area contributed by atoms with Crippen molar-refractivity contribution in [3.63, 3.8) is 0 Å². The van der Waals surface area contributed by atoms with Crippen molar-refractivity contribution in [2.24, 2.45) is 5.92 Å². The molecule has 2 aliphatic rings. The molecule has 0 amide bonds. The Balaban J connectivity index is 1.82. The van der Waals surface area contributed by atoms with E-state index < -0.39 is 15.6 Å². The van der Waals surface area contributed by atoms with Crippen molar-refractivity contribution in [2.75, 3.05) is 13.1 Å². The molecule has 6 nitrogen and oxygen atoms in total. The van der Waals surface area contributed by atoms with E-state index in [2.05, 4.69) is 10.2 Å². The van der Waals surface area contributed by atoms with Crippen LogP contribution in [0.5, 0.6) is 0 Å². The summed E-state index contributed by atoms with van der Waals surface area (Å²) < 4.78 is 26.3. The maximum atomic E-state index is 12.4. The van der Waals surface area contributed by atoms with Crippen LogP contribution in [0.3, 0.4) is 0 Å². The van der Waals surface area contributed by atoms with Crippen molar-refractivity contribution < 1.29 is 13.5 Å². The second-order valence-corrected chi connectivity index (χ2v) is 7.49. The van der Waals surface area contributed by atoms with Crippen molar-refractivity contribution >= 4 is 10.0 Å². The van der Waals surface area contributed by atoms with Gasteiger partial charge in [-0.1, -0.05) is 12.8 Å². The highest BCUT2D eigenvalue weighted by Crippen LogP contribution is 2.40. The fourth-order valence-electron chi connectivity index (χ4n) is 3.28. The molecule has 1 aliphatic carbocycles. The molecule has 0 radical (unpaired) electrons. The van der Waals surface area contributed by atoms with Crippen molar-refractivity contribution in [1.29, 1.82) is 0 Å². The normalized spacial score (nSPS) is 33.0. The first-order chi connectivity index (χ1) is 9.02. The van der Waals surface area contributed by atoms with Gasteiger partial charge in [-0.15, -0.1) is 0 Å². The molecule has 0 aromatic carbocycles. The predicted molar refractivity (Wildman–Crippen MR) is 68.9 cm³/mol. The number of fused-ring (bicyclic) bond motifs is 1. The number of piperidine rings is 1. The van der Waals surface area contributed by atoms with Crippen LogP contribution >= 0.6 is 0 Å². The highest BCUT2D eigenvalue weighted by Gasteiger charge is 2.45. The summed E-state index contributed by atoms with van der Waals surface area (Å²) in [6.45, 7) is 0.798. The van der Waals surface area contributed by atoms with Gasteiger partial charge >= 0.3 is 0 Å². The summed E-state index contributed by atoms with van der Waals surface area (Å²) >= 11 is 0. The lowest BCUT2D eigenvalue weighted by Crippen LogP contribution is -2.54. The molecule has 1 aliphatic heterocycles. The number of aliphatic hydroxyl groups is 1. The Hall–Kier alpha value is -0.920. The van der Waals surface area contributed by atoms with Gasteiger partial charge in [-0.05, 0) is 25.3 Å². The Morgan fingerprint density at radius 2 is 2.26 bits per heavy atom. The quantitative estimate of drug-likeness (QED) is 0.838. The van der Waals surface area contributed by atoms with Gasteiger partial charge < -0.3 is 5.11 Å². The van der Waals surface area contributed by atoms with Crippen LogP contribution in [0, 0.1) is 5.92 Å². The Morgan fingerprint density at radius 3 is 3.00 bits per heavy atom. The van der Waals surface area contributed by atoms with E-state index >= 15 is 0 Å². The smallest absolute Gasteiger partial charge is 0.259 e. The van der Waals surface area contributed by atoms with E-state index in [1.165, 1.54) is 16.6 Å². The van der Waals surface area contributed by atoms with Gasteiger partial charge in [0.1, 0.15) is 0 Å². The molecule has 2 N–H and O–H groups in total. The van der Waals surface area contributed by atoms with E-state index in [1.807, 2.05) is 0 Å². The summed E-state index contributed by atoms with van der Waals surface area (Å²) in [4.78, 5) is 0. The number of aromatic amines is 1. The first-order valence-electron chi connectivity index (χ1n) is 6.74. The zero-order valence-corrected chi connectivity index (χ0v) is 11.6. The van der Waals surface area contributed by atoms with E-state index in [9.17, 15) is 13.5 Å². The Morgan fingerprint density at radius 1 is 1.42 bits per heavy atom. The number of hydrogen-bond donors (Lipinski definition) is 2. The SMILES string of the molecule is O=S(=O)(c1ccn[nH]1)N1CCC2(O)CCCCC2C1. The van der Waals surface area contributed by atoms with E-state index in [4.69, 9.17) is 0 Å². The van der Waals surface area contributed by atoms with Crippen LogP contribution in [0.4, 0.5) is 0 Å². The van der Waals surface area contributed by atoms with Crippen LogP contribution in [-0.4, -0.2) is 46.7 Å². The lowest BCUT2D eigenvalue weighted by Gasteiger charge is -2.46. The summed E-state index contributed by atoms with van der Waals surface area (Å²) in [5, 5.41) is 16.9. The van der Waals surface area contributed by atoms with Gasteiger partial charge in [-0.2, -0.15) is 9.40 Å². The highest BCUT2D eigenvalue weighted by atomic mass is 32.2. The minimum atomic E-state index is -3.49. The summed E-state index contributed by atoms with van der Waals surface area (Å²) in [5.74, 6) is 0.0627. The topological polar surface area (TPSA) is 86.3 Å². The molecular weight excluding hydrogens is 266 g/mol. The number of H-pyrrole nitrogens is 1. The number of sulfonamides is 1. The molecule has 1 aromatic rings. The lowest BCUT2D eigenvalue weighted by atomic mass is 9.72. The number of rotatable bonds is 2. The van der Waals surface area contributed by atoms with Gasteiger partial charge in [0.25, 0.3) is 10.0 Å². The second kappa shape index (κ2) is 4.57. The number of nitrogens with one attached hydrogen (secondary N) is 1. The minimum Gasteiger partial charge on any atom is -0.390 e. The van der Waals surface area contributed by atoms with Gasteiger partial charge in [0, 0.05) is 19.0 Å². The van der Waals surface area contributed by atoms with Gasteiger partial charge in [-0.25, -0.2) is 8.42 Å². The van der Waals surface area contributed by atoms with Crippen LogP contribution in [0.2, 0.25) is 0 Å². The van der Waals surface area contributed by atoms with Crippen LogP contribution in [0.25, 0.3) is 0 Å². The molecule has 19 heavy (non-hydrogen) atoms. The Kier molecular flexibility index (Phi) is 3.15. The fourth-order valence-corrected chi connectivity index (χ4v) is 4.67. The largest absolute Gasteiger partial charge is 0.390 e. The van der Waals surface area contributed by atoms with E-state index in [0.29, 0.717) is 19.5 Å². The molecule has 106 valence electrons. The van der Waals surface area contributed by atoms with Gasteiger partial charge in [0.2, 0.25) is 0 Å². The summed E-state index contributed by atoms with van der Waals surface area (Å²) in [5.41, 5.74) is -0.655. The second-order valence-electron chi connectivity index (χ2n) is 5.58. The lowest BCUT2D eigenvalue weighted by molar-refractivity contribution is -0.0817.